The van der Waals surface area contributed by atoms with E-state index >= 15 is 0 Å². The molecule has 1 aromatic heterocycles. The van der Waals surface area contributed by atoms with Crippen molar-refractivity contribution >= 4 is 39.1 Å². The lowest BCUT2D eigenvalue weighted by Crippen LogP contribution is -2.00. The van der Waals surface area contributed by atoms with E-state index in [4.69, 9.17) is 9.47 Å². The van der Waals surface area contributed by atoms with Gasteiger partial charge in [-0.3, -0.25) is 4.79 Å². The Balaban J connectivity index is 1.57. The quantitative estimate of drug-likeness (QED) is 0.445. The number of thiophene rings is 1. The van der Waals surface area contributed by atoms with Gasteiger partial charge in [0.05, 0.1) is 5.56 Å². The molecule has 0 spiro atoms. The summed E-state index contributed by atoms with van der Waals surface area (Å²) in [4.78, 5) is 13.8. The summed E-state index contributed by atoms with van der Waals surface area (Å²) in [5.41, 5.74) is 3.68. The number of rotatable bonds is 4. The van der Waals surface area contributed by atoms with Crippen molar-refractivity contribution in [2.75, 3.05) is 0 Å². The molecule has 0 fully saturated rings. The summed E-state index contributed by atoms with van der Waals surface area (Å²) in [6, 6.07) is 13.7. The van der Waals surface area contributed by atoms with Gasteiger partial charge >= 0.3 is 0 Å². The van der Waals surface area contributed by atoms with E-state index in [1.165, 1.54) is 0 Å². The minimum absolute atomic E-state index is 0.0743. The lowest BCUT2D eigenvalue weighted by Gasteiger charge is -2.09. The number of ether oxygens (including phenoxy) is 2. The number of Topliss-reactive ketones (excluding diaryl/α,β-unsaturated/α-hetero) is 1. The first-order valence-corrected chi connectivity index (χ1v) is 10.2. The van der Waals surface area contributed by atoms with Crippen LogP contribution in [-0.2, 0) is 6.61 Å². The predicted octanol–water partition coefficient (Wildman–Crippen LogP) is 6.32. The summed E-state index contributed by atoms with van der Waals surface area (Å²) < 4.78 is 12.8. The second kappa shape index (κ2) is 7.33. The van der Waals surface area contributed by atoms with Crippen molar-refractivity contribution in [2.45, 2.75) is 20.5 Å². The van der Waals surface area contributed by atoms with Crippen molar-refractivity contribution < 1.29 is 14.3 Å². The average molecular weight is 441 g/mol. The average Bonchev–Trinajstić information content (AvgIpc) is 3.18. The van der Waals surface area contributed by atoms with Crippen LogP contribution >= 0.6 is 27.3 Å². The first-order valence-electron chi connectivity index (χ1n) is 8.51. The van der Waals surface area contributed by atoms with Gasteiger partial charge in [0.1, 0.15) is 18.1 Å². The molecule has 1 aliphatic heterocycles. The summed E-state index contributed by atoms with van der Waals surface area (Å²) in [6.07, 6.45) is 1.82. The second-order valence-electron chi connectivity index (χ2n) is 6.44. The van der Waals surface area contributed by atoms with Crippen molar-refractivity contribution in [2.24, 2.45) is 0 Å². The minimum Gasteiger partial charge on any atom is -0.489 e. The highest BCUT2D eigenvalue weighted by molar-refractivity contribution is 9.10. The van der Waals surface area contributed by atoms with E-state index in [0.29, 0.717) is 29.4 Å². The molecular weight excluding hydrogens is 424 g/mol. The van der Waals surface area contributed by atoms with E-state index in [-0.39, 0.29) is 5.78 Å². The highest BCUT2D eigenvalue weighted by Crippen LogP contribution is 2.38. The lowest BCUT2D eigenvalue weighted by atomic mass is 10.0. The number of carbonyl (C=O) groups is 1. The molecule has 2 heterocycles. The second-order valence-corrected chi connectivity index (χ2v) is 8.30. The van der Waals surface area contributed by atoms with E-state index in [0.717, 1.165) is 26.0 Å². The Morgan fingerprint density at radius 1 is 1.11 bits per heavy atom. The number of ketones is 1. The SMILES string of the molecule is Cc1ccsc1/C=C1\Oc2cc(OCc3ccc(Br)cc3)cc(C)c2C1=O. The predicted molar refractivity (Wildman–Crippen MR) is 112 cm³/mol. The first-order chi connectivity index (χ1) is 13.0. The molecule has 3 nitrogen and oxygen atoms in total. The Labute approximate surface area is 170 Å². The van der Waals surface area contributed by atoms with Crippen LogP contribution in [0.2, 0.25) is 0 Å². The summed E-state index contributed by atoms with van der Waals surface area (Å²) in [5.74, 6) is 1.54. The largest absolute Gasteiger partial charge is 0.489 e. The Morgan fingerprint density at radius 2 is 1.89 bits per heavy atom. The highest BCUT2D eigenvalue weighted by Gasteiger charge is 2.30. The van der Waals surface area contributed by atoms with Crippen molar-refractivity contribution in [3.05, 3.63) is 85.2 Å². The van der Waals surface area contributed by atoms with Gasteiger partial charge in [-0.2, -0.15) is 0 Å². The van der Waals surface area contributed by atoms with Crippen LogP contribution in [0.4, 0.5) is 0 Å². The minimum atomic E-state index is -0.0743. The molecule has 0 radical (unpaired) electrons. The van der Waals surface area contributed by atoms with Gasteiger partial charge in [0.2, 0.25) is 5.78 Å². The number of hydrogen-bond donors (Lipinski definition) is 0. The van der Waals surface area contributed by atoms with E-state index in [1.54, 1.807) is 17.4 Å². The number of hydrogen-bond acceptors (Lipinski definition) is 4. The Bertz CT molecular complexity index is 1050. The van der Waals surface area contributed by atoms with Crippen molar-refractivity contribution in [3.63, 3.8) is 0 Å². The fourth-order valence-corrected chi connectivity index (χ4v) is 4.07. The Hall–Kier alpha value is -2.37. The van der Waals surface area contributed by atoms with Crippen LogP contribution in [0.1, 0.15) is 31.9 Å². The van der Waals surface area contributed by atoms with E-state index in [9.17, 15) is 4.79 Å². The van der Waals surface area contributed by atoms with E-state index in [1.807, 2.05) is 61.7 Å². The molecule has 4 rings (SSSR count). The third-order valence-corrected chi connectivity index (χ3v) is 5.92. The van der Waals surface area contributed by atoms with Crippen molar-refractivity contribution in [3.8, 4) is 11.5 Å². The Morgan fingerprint density at radius 3 is 2.59 bits per heavy atom. The molecule has 0 amide bonds. The number of halogens is 1. The maximum atomic E-state index is 12.7. The van der Waals surface area contributed by atoms with Crippen LogP contribution in [0.15, 0.2) is 58.1 Å². The Kier molecular flexibility index (Phi) is 4.89. The fourth-order valence-electron chi connectivity index (χ4n) is 2.96. The zero-order chi connectivity index (χ0) is 19.0. The summed E-state index contributed by atoms with van der Waals surface area (Å²) in [5, 5.41) is 2.01. The van der Waals surface area contributed by atoms with Gasteiger partial charge in [-0.25, -0.2) is 0 Å². The first kappa shape index (κ1) is 18.0. The monoisotopic (exact) mass is 440 g/mol. The molecule has 0 saturated heterocycles. The molecule has 0 atom stereocenters. The van der Waals surface area contributed by atoms with Crippen molar-refractivity contribution in [1.29, 1.82) is 0 Å². The molecule has 2 aromatic carbocycles. The summed E-state index contributed by atoms with van der Waals surface area (Å²) in [7, 11) is 0. The van der Waals surface area contributed by atoms with Crippen LogP contribution in [0.3, 0.4) is 0 Å². The number of carbonyl (C=O) groups excluding carboxylic acids is 1. The normalized spacial score (nSPS) is 14.3. The van der Waals surface area contributed by atoms with Gasteiger partial charge in [-0.15, -0.1) is 11.3 Å². The molecule has 5 heteroatoms. The smallest absolute Gasteiger partial charge is 0.232 e. The van der Waals surface area contributed by atoms with Gasteiger partial charge in [-0.05, 0) is 60.2 Å². The number of allylic oxidation sites excluding steroid dienone is 1. The molecule has 0 saturated carbocycles. The summed E-state index contributed by atoms with van der Waals surface area (Å²) in [6.45, 7) is 4.39. The van der Waals surface area contributed by atoms with Crippen LogP contribution in [0.25, 0.3) is 6.08 Å². The maximum Gasteiger partial charge on any atom is 0.232 e. The lowest BCUT2D eigenvalue weighted by molar-refractivity contribution is 0.101. The van der Waals surface area contributed by atoms with Gasteiger partial charge in [0.15, 0.2) is 5.76 Å². The van der Waals surface area contributed by atoms with Gasteiger partial charge in [-0.1, -0.05) is 28.1 Å². The standard InChI is InChI=1S/C22H17BrO3S/c1-13-7-8-27-20(13)11-19-22(24)21-14(2)9-17(10-18(21)26-19)25-12-15-3-5-16(23)6-4-15/h3-11H,12H2,1-2H3/b19-11-. The molecule has 0 bridgehead atoms. The fraction of sp³-hybridized carbons (Fsp3) is 0.136. The third-order valence-electron chi connectivity index (χ3n) is 4.43. The van der Waals surface area contributed by atoms with Crippen molar-refractivity contribution in [1.82, 2.24) is 0 Å². The molecule has 0 unspecified atom stereocenters. The molecule has 136 valence electrons. The van der Waals surface area contributed by atoms with E-state index in [2.05, 4.69) is 15.9 Å². The molecule has 1 aliphatic rings. The van der Waals surface area contributed by atoms with Crippen LogP contribution in [0.5, 0.6) is 11.5 Å². The number of fused-ring (bicyclic) bond motifs is 1. The third kappa shape index (κ3) is 3.70. The van der Waals surface area contributed by atoms with Gasteiger partial charge in [0, 0.05) is 21.5 Å². The van der Waals surface area contributed by atoms with Gasteiger partial charge < -0.3 is 9.47 Å². The van der Waals surface area contributed by atoms with Crippen LogP contribution in [0, 0.1) is 13.8 Å². The molecular formula is C22H17BrO3S. The molecule has 27 heavy (non-hydrogen) atoms. The zero-order valence-electron chi connectivity index (χ0n) is 14.9. The molecule has 0 N–H and O–H groups in total. The zero-order valence-corrected chi connectivity index (χ0v) is 17.3. The maximum absolute atomic E-state index is 12.7. The van der Waals surface area contributed by atoms with Crippen LogP contribution < -0.4 is 9.47 Å². The van der Waals surface area contributed by atoms with E-state index < -0.39 is 0 Å². The number of aryl methyl sites for hydroxylation is 2. The van der Waals surface area contributed by atoms with Crippen LogP contribution in [-0.4, -0.2) is 5.78 Å². The summed E-state index contributed by atoms with van der Waals surface area (Å²) >= 11 is 5.02. The number of benzene rings is 2. The molecule has 3 aromatic rings. The van der Waals surface area contributed by atoms with Gasteiger partial charge in [0.25, 0.3) is 0 Å². The molecule has 0 aliphatic carbocycles. The topological polar surface area (TPSA) is 35.5 Å². The highest BCUT2D eigenvalue weighted by atomic mass is 79.9.